The van der Waals surface area contributed by atoms with Crippen molar-refractivity contribution in [1.29, 1.82) is 0 Å². The zero-order valence-corrected chi connectivity index (χ0v) is 10.7. The molecule has 0 saturated heterocycles. The Bertz CT molecular complexity index is 443. The summed E-state index contributed by atoms with van der Waals surface area (Å²) in [5, 5.41) is 3.15. The lowest BCUT2D eigenvalue weighted by molar-refractivity contribution is -0.146. The van der Waals surface area contributed by atoms with Gasteiger partial charge >= 0.3 is 5.97 Å². The highest BCUT2D eigenvalue weighted by Crippen LogP contribution is 2.27. The Kier molecular flexibility index (Phi) is 3.97. The van der Waals surface area contributed by atoms with Crippen LogP contribution < -0.4 is 5.32 Å². The standard InChI is InChI=1S/C14H18FNO2/c1-3-18-14(17)13(16-10-5-6-10)11-8-9(2)4-7-12(11)15/h4,7-8,10,13,16H,3,5-6H2,1-2H3. The first-order chi connectivity index (χ1) is 8.61. The summed E-state index contributed by atoms with van der Waals surface area (Å²) in [5.41, 5.74) is 1.30. The van der Waals surface area contributed by atoms with Gasteiger partial charge in [-0.05, 0) is 32.8 Å². The number of rotatable bonds is 5. The number of carbonyl (C=O) groups is 1. The largest absolute Gasteiger partial charge is 0.465 e. The molecule has 0 aromatic heterocycles. The van der Waals surface area contributed by atoms with E-state index in [-0.39, 0.29) is 5.82 Å². The maximum atomic E-state index is 13.8. The van der Waals surface area contributed by atoms with E-state index in [0.29, 0.717) is 18.2 Å². The molecule has 1 saturated carbocycles. The average molecular weight is 251 g/mol. The fraction of sp³-hybridized carbons (Fsp3) is 0.500. The Labute approximate surface area is 106 Å². The Morgan fingerprint density at radius 3 is 2.89 bits per heavy atom. The van der Waals surface area contributed by atoms with Crippen molar-refractivity contribution in [2.75, 3.05) is 6.61 Å². The molecular weight excluding hydrogens is 233 g/mol. The van der Waals surface area contributed by atoms with Gasteiger partial charge in [0.05, 0.1) is 6.61 Å². The maximum absolute atomic E-state index is 13.8. The Balaban J connectivity index is 2.25. The third-order valence-corrected chi connectivity index (χ3v) is 2.96. The van der Waals surface area contributed by atoms with E-state index in [0.717, 1.165) is 18.4 Å². The first kappa shape index (κ1) is 13.0. The van der Waals surface area contributed by atoms with Crippen molar-refractivity contribution in [2.24, 2.45) is 0 Å². The van der Waals surface area contributed by atoms with Gasteiger partial charge in [0.15, 0.2) is 0 Å². The normalized spacial score (nSPS) is 16.4. The van der Waals surface area contributed by atoms with Crippen LogP contribution in [0.15, 0.2) is 18.2 Å². The zero-order chi connectivity index (χ0) is 13.1. The fourth-order valence-corrected chi connectivity index (χ4v) is 1.88. The molecule has 1 aliphatic carbocycles. The summed E-state index contributed by atoms with van der Waals surface area (Å²) in [6.45, 7) is 3.93. The third-order valence-electron chi connectivity index (χ3n) is 2.96. The van der Waals surface area contributed by atoms with Crippen LogP contribution in [0, 0.1) is 12.7 Å². The Morgan fingerprint density at radius 1 is 1.56 bits per heavy atom. The molecule has 1 aliphatic rings. The number of hydrogen-bond acceptors (Lipinski definition) is 3. The number of nitrogens with one attached hydrogen (secondary N) is 1. The van der Waals surface area contributed by atoms with E-state index >= 15 is 0 Å². The number of benzene rings is 1. The van der Waals surface area contributed by atoms with Gasteiger partial charge in [0.2, 0.25) is 0 Å². The lowest BCUT2D eigenvalue weighted by Crippen LogP contribution is -2.32. The van der Waals surface area contributed by atoms with Gasteiger partial charge in [0, 0.05) is 11.6 Å². The molecule has 1 unspecified atom stereocenters. The molecule has 0 radical (unpaired) electrons. The van der Waals surface area contributed by atoms with Crippen molar-refractivity contribution in [3.8, 4) is 0 Å². The zero-order valence-electron chi connectivity index (χ0n) is 10.7. The van der Waals surface area contributed by atoms with Crippen LogP contribution >= 0.6 is 0 Å². The van der Waals surface area contributed by atoms with Gasteiger partial charge in [-0.2, -0.15) is 0 Å². The predicted molar refractivity (Wildman–Crippen MR) is 66.7 cm³/mol. The van der Waals surface area contributed by atoms with E-state index in [4.69, 9.17) is 4.74 Å². The molecule has 98 valence electrons. The van der Waals surface area contributed by atoms with Gasteiger partial charge in [0.25, 0.3) is 0 Å². The highest BCUT2D eigenvalue weighted by molar-refractivity contribution is 5.78. The summed E-state index contributed by atoms with van der Waals surface area (Å²) >= 11 is 0. The average Bonchev–Trinajstić information content (AvgIpc) is 3.14. The Hall–Kier alpha value is -1.42. The topological polar surface area (TPSA) is 38.3 Å². The van der Waals surface area contributed by atoms with E-state index in [1.165, 1.54) is 6.07 Å². The van der Waals surface area contributed by atoms with Crippen molar-refractivity contribution in [2.45, 2.75) is 38.8 Å². The lowest BCUT2D eigenvalue weighted by Gasteiger charge is -2.18. The first-order valence-corrected chi connectivity index (χ1v) is 6.30. The molecule has 0 amide bonds. The summed E-state index contributed by atoms with van der Waals surface area (Å²) in [4.78, 5) is 11.9. The molecule has 4 heteroatoms. The number of ether oxygens (including phenoxy) is 1. The first-order valence-electron chi connectivity index (χ1n) is 6.30. The number of esters is 1. The van der Waals surface area contributed by atoms with Crippen LogP contribution in [-0.2, 0) is 9.53 Å². The highest BCUT2D eigenvalue weighted by atomic mass is 19.1. The smallest absolute Gasteiger partial charge is 0.327 e. The van der Waals surface area contributed by atoms with Gasteiger partial charge in [-0.25, -0.2) is 9.18 Å². The molecule has 1 N–H and O–H groups in total. The molecule has 0 spiro atoms. The van der Waals surface area contributed by atoms with Crippen LogP contribution in [0.3, 0.4) is 0 Å². The summed E-state index contributed by atoms with van der Waals surface area (Å²) < 4.78 is 18.9. The summed E-state index contributed by atoms with van der Waals surface area (Å²) in [6.07, 6.45) is 2.06. The molecule has 3 nitrogen and oxygen atoms in total. The molecule has 1 aromatic carbocycles. The molecule has 1 fully saturated rings. The van der Waals surface area contributed by atoms with Crippen LogP contribution in [-0.4, -0.2) is 18.6 Å². The molecular formula is C14H18FNO2. The van der Waals surface area contributed by atoms with Crippen LogP contribution in [0.5, 0.6) is 0 Å². The van der Waals surface area contributed by atoms with Gasteiger partial charge < -0.3 is 4.74 Å². The van der Waals surface area contributed by atoms with Crippen molar-refractivity contribution in [3.05, 3.63) is 35.1 Å². The van der Waals surface area contributed by atoms with E-state index in [1.54, 1.807) is 19.1 Å². The highest BCUT2D eigenvalue weighted by Gasteiger charge is 2.31. The second-order valence-corrected chi connectivity index (χ2v) is 4.65. The van der Waals surface area contributed by atoms with Crippen LogP contribution in [0.25, 0.3) is 0 Å². The maximum Gasteiger partial charge on any atom is 0.327 e. The van der Waals surface area contributed by atoms with Gasteiger partial charge in [-0.1, -0.05) is 17.7 Å². The molecule has 0 heterocycles. The van der Waals surface area contributed by atoms with Crippen molar-refractivity contribution in [3.63, 3.8) is 0 Å². The van der Waals surface area contributed by atoms with Crippen molar-refractivity contribution in [1.82, 2.24) is 5.32 Å². The quantitative estimate of drug-likeness (QED) is 0.817. The van der Waals surface area contributed by atoms with E-state index < -0.39 is 12.0 Å². The second-order valence-electron chi connectivity index (χ2n) is 4.65. The molecule has 1 atom stereocenters. The number of hydrogen-bond donors (Lipinski definition) is 1. The van der Waals surface area contributed by atoms with E-state index in [1.807, 2.05) is 6.92 Å². The molecule has 0 aliphatic heterocycles. The second kappa shape index (κ2) is 5.48. The van der Waals surface area contributed by atoms with Crippen LogP contribution in [0.2, 0.25) is 0 Å². The molecule has 18 heavy (non-hydrogen) atoms. The fourth-order valence-electron chi connectivity index (χ4n) is 1.88. The third kappa shape index (κ3) is 3.07. The van der Waals surface area contributed by atoms with Gasteiger partial charge in [-0.15, -0.1) is 0 Å². The van der Waals surface area contributed by atoms with Crippen molar-refractivity contribution < 1.29 is 13.9 Å². The van der Waals surface area contributed by atoms with Gasteiger partial charge in [0.1, 0.15) is 11.9 Å². The summed E-state index contributed by atoms with van der Waals surface area (Å²) in [5.74, 6) is -0.777. The molecule has 0 bridgehead atoms. The van der Waals surface area contributed by atoms with Crippen molar-refractivity contribution >= 4 is 5.97 Å². The Morgan fingerprint density at radius 2 is 2.28 bits per heavy atom. The monoisotopic (exact) mass is 251 g/mol. The number of aryl methyl sites for hydroxylation is 1. The number of halogens is 1. The molecule has 2 rings (SSSR count). The summed E-state index contributed by atoms with van der Waals surface area (Å²) in [7, 11) is 0. The predicted octanol–water partition coefficient (Wildman–Crippen LogP) is 2.49. The minimum Gasteiger partial charge on any atom is -0.465 e. The summed E-state index contributed by atoms with van der Waals surface area (Å²) in [6, 6.07) is 4.40. The SMILES string of the molecule is CCOC(=O)C(NC1CC1)c1cc(C)ccc1F. The minimum atomic E-state index is -0.697. The number of carbonyl (C=O) groups excluding carboxylic acids is 1. The minimum absolute atomic E-state index is 0.301. The van der Waals surface area contributed by atoms with E-state index in [2.05, 4.69) is 5.32 Å². The van der Waals surface area contributed by atoms with Crippen LogP contribution in [0.1, 0.15) is 36.9 Å². The van der Waals surface area contributed by atoms with Crippen LogP contribution in [0.4, 0.5) is 4.39 Å². The molecule has 1 aromatic rings. The lowest BCUT2D eigenvalue weighted by atomic mass is 10.0. The van der Waals surface area contributed by atoms with E-state index in [9.17, 15) is 9.18 Å². The van der Waals surface area contributed by atoms with Gasteiger partial charge in [-0.3, -0.25) is 5.32 Å².